The average molecular weight is 252 g/mol. The Bertz CT molecular complexity index is 401. The van der Waals surface area contributed by atoms with Gasteiger partial charge in [-0.05, 0) is 43.8 Å². The minimum atomic E-state index is -0.915. The van der Waals surface area contributed by atoms with Gasteiger partial charge in [0, 0.05) is 12.6 Å². The van der Waals surface area contributed by atoms with Gasteiger partial charge < -0.3 is 15.7 Å². The Morgan fingerprint density at radius 1 is 1.35 bits per heavy atom. The lowest BCUT2D eigenvalue weighted by Crippen LogP contribution is -2.38. The quantitative estimate of drug-likeness (QED) is 0.713. The van der Waals surface area contributed by atoms with Crippen molar-refractivity contribution < 1.29 is 9.90 Å². The Morgan fingerprint density at radius 2 is 1.94 bits per heavy atom. The second kappa shape index (κ2) is 6.20. The van der Waals surface area contributed by atoms with Crippen molar-refractivity contribution in [3.05, 3.63) is 35.4 Å². The average Bonchev–Trinajstić information content (AvgIpc) is 2.26. The number of hydrogen-bond acceptors (Lipinski definition) is 2. The van der Waals surface area contributed by atoms with Crippen LogP contribution in [-0.4, -0.2) is 22.2 Å². The number of carbonyl (C=O) groups is 1. The lowest BCUT2D eigenvalue weighted by molar-refractivity contribution is 0.0697. The molecule has 0 heterocycles. The first-order chi connectivity index (χ1) is 7.99. The highest BCUT2D eigenvalue weighted by Crippen LogP contribution is 2.04. The van der Waals surface area contributed by atoms with Crippen LogP contribution in [0, 0.1) is 0 Å². The Morgan fingerprint density at radius 3 is 2.41 bits per heavy atom. The van der Waals surface area contributed by atoms with Gasteiger partial charge in [0.2, 0.25) is 0 Å². The summed E-state index contributed by atoms with van der Waals surface area (Å²) in [7, 11) is 0. The van der Waals surface area contributed by atoms with Crippen molar-refractivity contribution in [1.29, 1.82) is 0 Å². The molecule has 3 N–H and O–H groups in total. The van der Waals surface area contributed by atoms with E-state index in [1.165, 1.54) is 0 Å². The van der Waals surface area contributed by atoms with E-state index in [9.17, 15) is 4.79 Å². The summed E-state index contributed by atoms with van der Waals surface area (Å²) >= 11 is 5.08. The summed E-state index contributed by atoms with van der Waals surface area (Å²) in [6.45, 7) is 4.60. The van der Waals surface area contributed by atoms with Crippen LogP contribution in [0.25, 0.3) is 0 Å². The molecular weight excluding hydrogens is 236 g/mol. The highest BCUT2D eigenvalue weighted by molar-refractivity contribution is 7.80. The molecule has 1 rings (SSSR count). The van der Waals surface area contributed by atoms with Crippen molar-refractivity contribution in [2.75, 3.05) is 0 Å². The van der Waals surface area contributed by atoms with E-state index in [0.29, 0.717) is 17.7 Å². The molecule has 92 valence electrons. The fourth-order valence-corrected chi connectivity index (χ4v) is 1.57. The van der Waals surface area contributed by atoms with Gasteiger partial charge in [0.15, 0.2) is 5.11 Å². The van der Waals surface area contributed by atoms with Gasteiger partial charge in [-0.1, -0.05) is 12.1 Å². The summed E-state index contributed by atoms with van der Waals surface area (Å²) in [5.41, 5.74) is 1.28. The van der Waals surface area contributed by atoms with E-state index in [0.717, 1.165) is 5.56 Å². The van der Waals surface area contributed by atoms with Crippen LogP contribution < -0.4 is 10.6 Å². The third-order valence-electron chi connectivity index (χ3n) is 2.07. The second-order valence-corrected chi connectivity index (χ2v) is 4.39. The maximum Gasteiger partial charge on any atom is 0.335 e. The van der Waals surface area contributed by atoms with Crippen LogP contribution in [0.4, 0.5) is 0 Å². The number of thiocarbonyl (C=S) groups is 1. The fraction of sp³-hybridized carbons (Fsp3) is 0.333. The normalized spacial score (nSPS) is 10.1. The molecule has 0 saturated carbocycles. The van der Waals surface area contributed by atoms with E-state index in [-0.39, 0.29) is 5.56 Å². The molecule has 0 saturated heterocycles. The molecule has 0 aliphatic rings. The Balaban J connectivity index is 2.47. The zero-order valence-electron chi connectivity index (χ0n) is 9.86. The molecule has 0 aliphatic carbocycles. The maximum atomic E-state index is 10.7. The van der Waals surface area contributed by atoms with E-state index in [4.69, 9.17) is 17.3 Å². The largest absolute Gasteiger partial charge is 0.478 e. The Hall–Kier alpha value is -1.62. The summed E-state index contributed by atoms with van der Waals surface area (Å²) in [6.07, 6.45) is 0. The molecule has 0 bridgehead atoms. The first kappa shape index (κ1) is 13.4. The molecule has 0 spiro atoms. The number of hydrogen-bond donors (Lipinski definition) is 3. The van der Waals surface area contributed by atoms with Crippen molar-refractivity contribution >= 4 is 23.3 Å². The minimum Gasteiger partial charge on any atom is -0.478 e. The van der Waals surface area contributed by atoms with Gasteiger partial charge in [0.05, 0.1) is 5.56 Å². The molecule has 0 amide bonds. The Kier molecular flexibility index (Phi) is 4.90. The van der Waals surface area contributed by atoms with E-state index in [1.807, 2.05) is 13.8 Å². The van der Waals surface area contributed by atoms with Gasteiger partial charge in [-0.3, -0.25) is 0 Å². The SMILES string of the molecule is CC(C)NC(=S)NCc1ccc(C(=O)O)cc1. The first-order valence-electron chi connectivity index (χ1n) is 5.35. The summed E-state index contributed by atoms with van der Waals surface area (Å²) in [5, 5.41) is 15.5. The predicted octanol–water partition coefficient (Wildman–Crippen LogP) is 1.76. The zero-order chi connectivity index (χ0) is 12.8. The molecule has 0 fully saturated rings. The van der Waals surface area contributed by atoms with Gasteiger partial charge in [-0.2, -0.15) is 0 Å². The van der Waals surface area contributed by atoms with Gasteiger partial charge in [-0.25, -0.2) is 4.79 Å². The molecule has 17 heavy (non-hydrogen) atoms. The molecule has 0 aliphatic heterocycles. The lowest BCUT2D eigenvalue weighted by atomic mass is 10.1. The summed E-state index contributed by atoms with van der Waals surface area (Å²) in [6, 6.07) is 7.00. The first-order valence-corrected chi connectivity index (χ1v) is 5.76. The third-order valence-corrected chi connectivity index (χ3v) is 2.34. The molecule has 0 radical (unpaired) electrons. The number of benzene rings is 1. The van der Waals surface area contributed by atoms with Crippen LogP contribution in [0.15, 0.2) is 24.3 Å². The van der Waals surface area contributed by atoms with Gasteiger partial charge in [0.1, 0.15) is 0 Å². The van der Waals surface area contributed by atoms with Gasteiger partial charge in [-0.15, -0.1) is 0 Å². The van der Waals surface area contributed by atoms with Crippen molar-refractivity contribution in [2.45, 2.75) is 26.4 Å². The number of carboxylic acid groups (broad SMARTS) is 1. The van der Waals surface area contributed by atoms with Crippen molar-refractivity contribution in [1.82, 2.24) is 10.6 Å². The van der Waals surface area contributed by atoms with Gasteiger partial charge >= 0.3 is 5.97 Å². The lowest BCUT2D eigenvalue weighted by Gasteiger charge is -2.13. The standard InChI is InChI=1S/C12H16N2O2S/c1-8(2)14-12(17)13-7-9-3-5-10(6-4-9)11(15)16/h3-6,8H,7H2,1-2H3,(H,15,16)(H2,13,14,17). The predicted molar refractivity (Wildman–Crippen MR) is 71.1 cm³/mol. The summed E-state index contributed by atoms with van der Waals surface area (Å²) in [4.78, 5) is 10.7. The number of carboxylic acids is 1. The van der Waals surface area contributed by atoms with Crippen molar-refractivity contribution in [3.63, 3.8) is 0 Å². The highest BCUT2D eigenvalue weighted by Gasteiger charge is 2.02. The van der Waals surface area contributed by atoms with E-state index in [1.54, 1.807) is 24.3 Å². The molecule has 5 heteroatoms. The van der Waals surface area contributed by atoms with E-state index >= 15 is 0 Å². The molecule has 0 aromatic heterocycles. The van der Waals surface area contributed by atoms with Crippen LogP contribution in [0.2, 0.25) is 0 Å². The monoisotopic (exact) mass is 252 g/mol. The summed E-state index contributed by atoms with van der Waals surface area (Å²) < 4.78 is 0. The van der Waals surface area contributed by atoms with Crippen LogP contribution in [0.5, 0.6) is 0 Å². The van der Waals surface area contributed by atoms with Crippen LogP contribution in [-0.2, 0) is 6.54 Å². The third kappa shape index (κ3) is 4.82. The zero-order valence-corrected chi connectivity index (χ0v) is 10.7. The molecular formula is C12H16N2O2S. The smallest absolute Gasteiger partial charge is 0.335 e. The number of aromatic carboxylic acids is 1. The topological polar surface area (TPSA) is 61.4 Å². The molecule has 4 nitrogen and oxygen atoms in total. The van der Waals surface area contributed by atoms with Crippen LogP contribution in [0.1, 0.15) is 29.8 Å². The molecule has 0 unspecified atom stereocenters. The van der Waals surface area contributed by atoms with Crippen LogP contribution in [0.3, 0.4) is 0 Å². The van der Waals surface area contributed by atoms with Crippen molar-refractivity contribution in [3.8, 4) is 0 Å². The Labute approximate surface area is 106 Å². The maximum absolute atomic E-state index is 10.7. The van der Waals surface area contributed by atoms with Gasteiger partial charge in [0.25, 0.3) is 0 Å². The molecule has 0 atom stereocenters. The number of rotatable bonds is 4. The highest BCUT2D eigenvalue weighted by atomic mass is 32.1. The fourth-order valence-electron chi connectivity index (χ4n) is 1.26. The molecule has 1 aromatic rings. The van der Waals surface area contributed by atoms with Crippen LogP contribution >= 0.6 is 12.2 Å². The minimum absolute atomic E-state index is 0.289. The van der Waals surface area contributed by atoms with E-state index in [2.05, 4.69) is 10.6 Å². The van der Waals surface area contributed by atoms with E-state index < -0.39 is 5.97 Å². The second-order valence-electron chi connectivity index (χ2n) is 3.98. The van der Waals surface area contributed by atoms with Crippen molar-refractivity contribution in [2.24, 2.45) is 0 Å². The summed E-state index contributed by atoms with van der Waals surface area (Å²) in [5.74, 6) is -0.915. The molecule has 1 aromatic carbocycles. The number of nitrogens with one attached hydrogen (secondary N) is 2.